The monoisotopic (exact) mass is 480 g/mol. The summed E-state index contributed by atoms with van der Waals surface area (Å²) in [5.41, 5.74) is 8.17. The zero-order valence-corrected chi connectivity index (χ0v) is 21.0. The predicted octanol–water partition coefficient (Wildman–Crippen LogP) is 3.83. The average molecular weight is 481 g/mol. The Labute approximate surface area is 212 Å². The molecule has 3 aliphatic rings. The maximum absolute atomic E-state index is 13.9. The summed E-state index contributed by atoms with van der Waals surface area (Å²) in [5, 5.41) is 4.58. The molecule has 6 heteroatoms. The van der Waals surface area contributed by atoms with Crippen molar-refractivity contribution in [3.05, 3.63) is 63.8 Å². The number of fused-ring (bicyclic) bond motifs is 6. The fraction of sp³-hybridized carbons (Fsp3) is 0.400. The summed E-state index contributed by atoms with van der Waals surface area (Å²) in [7, 11) is 1.79. The molecule has 3 aromatic rings. The Kier molecular flexibility index (Phi) is 5.91. The van der Waals surface area contributed by atoms with Gasteiger partial charge in [0.15, 0.2) is 5.78 Å². The number of ether oxygens (including phenoxy) is 1. The van der Waals surface area contributed by atoms with Crippen LogP contribution in [0.5, 0.6) is 0 Å². The predicted molar refractivity (Wildman–Crippen MR) is 145 cm³/mol. The highest BCUT2D eigenvalue weighted by Gasteiger charge is 2.45. The van der Waals surface area contributed by atoms with Gasteiger partial charge >= 0.3 is 0 Å². The number of benzene rings is 2. The fourth-order valence-corrected chi connectivity index (χ4v) is 6.34. The van der Waals surface area contributed by atoms with Gasteiger partial charge in [0.05, 0.1) is 5.69 Å². The van der Waals surface area contributed by atoms with Crippen LogP contribution in [0.3, 0.4) is 0 Å². The molecule has 2 aromatic carbocycles. The first-order valence-corrected chi connectivity index (χ1v) is 12.9. The van der Waals surface area contributed by atoms with Gasteiger partial charge < -0.3 is 19.9 Å². The Morgan fingerprint density at radius 1 is 1.14 bits per heavy atom. The molecule has 2 fully saturated rings. The molecule has 3 heterocycles. The van der Waals surface area contributed by atoms with Crippen LogP contribution in [-0.2, 0) is 16.6 Å². The number of ketones is 1. The van der Waals surface area contributed by atoms with E-state index in [2.05, 4.69) is 62.4 Å². The van der Waals surface area contributed by atoms with E-state index in [1.807, 2.05) is 13.1 Å². The van der Waals surface area contributed by atoms with E-state index in [0.29, 0.717) is 19.6 Å². The second-order valence-electron chi connectivity index (χ2n) is 9.99. The van der Waals surface area contributed by atoms with Gasteiger partial charge in [0.25, 0.3) is 0 Å². The van der Waals surface area contributed by atoms with Crippen molar-refractivity contribution in [3.63, 3.8) is 0 Å². The molecular formula is C30H32N4O2. The number of nitrogens with zero attached hydrogens (tertiary/aromatic N) is 2. The molecule has 184 valence electrons. The normalized spacial score (nSPS) is 19.2. The quantitative estimate of drug-likeness (QED) is 0.432. The minimum absolute atomic E-state index is 0.167. The van der Waals surface area contributed by atoms with E-state index < -0.39 is 0 Å². The number of nitrogens with one attached hydrogen (secondary N) is 2. The van der Waals surface area contributed by atoms with Gasteiger partial charge in [-0.2, -0.15) is 0 Å². The molecule has 6 nitrogen and oxygen atoms in total. The van der Waals surface area contributed by atoms with Crippen molar-refractivity contribution in [2.24, 2.45) is 4.99 Å². The Morgan fingerprint density at radius 2 is 1.94 bits per heavy atom. The van der Waals surface area contributed by atoms with Gasteiger partial charge in [-0.3, -0.25) is 9.79 Å². The van der Waals surface area contributed by atoms with E-state index in [4.69, 9.17) is 4.74 Å². The number of carbonyl (C=O) groups is 1. The molecular weight excluding hydrogens is 448 g/mol. The third kappa shape index (κ3) is 3.66. The SMILES string of the molecule is CC#Cc1cc2c(cc1N1CCNCC1)C1(CCOCC1)c1[nH]c3cc(C=NC)ccc3c1CC2=O. The Balaban J connectivity index is 1.62. The zero-order valence-electron chi connectivity index (χ0n) is 21.0. The van der Waals surface area contributed by atoms with Gasteiger partial charge in [-0.05, 0) is 54.7 Å². The molecule has 2 saturated heterocycles. The zero-order chi connectivity index (χ0) is 24.7. The molecule has 1 aromatic heterocycles. The maximum Gasteiger partial charge on any atom is 0.167 e. The summed E-state index contributed by atoms with van der Waals surface area (Å²) in [6.07, 6.45) is 3.94. The Morgan fingerprint density at radius 3 is 2.69 bits per heavy atom. The molecule has 1 aliphatic carbocycles. The Bertz CT molecular complexity index is 1430. The number of Topliss-reactive ketones (excluding diaryl/α,β-unsaturated/α-hetero) is 1. The number of hydrogen-bond donors (Lipinski definition) is 2. The van der Waals surface area contributed by atoms with E-state index in [0.717, 1.165) is 83.4 Å². The first-order valence-electron chi connectivity index (χ1n) is 12.9. The Hall–Kier alpha value is -3.40. The summed E-state index contributed by atoms with van der Waals surface area (Å²) < 4.78 is 5.87. The highest BCUT2D eigenvalue weighted by atomic mass is 16.5. The number of anilines is 1. The third-order valence-corrected chi connectivity index (χ3v) is 8.04. The van der Waals surface area contributed by atoms with E-state index in [1.165, 1.54) is 5.69 Å². The van der Waals surface area contributed by atoms with Crippen LogP contribution in [0.25, 0.3) is 10.9 Å². The van der Waals surface area contributed by atoms with E-state index in [-0.39, 0.29) is 11.2 Å². The van der Waals surface area contributed by atoms with Crippen LogP contribution in [0.4, 0.5) is 5.69 Å². The fourth-order valence-electron chi connectivity index (χ4n) is 6.34. The van der Waals surface area contributed by atoms with Crippen LogP contribution in [0.15, 0.2) is 35.3 Å². The molecule has 36 heavy (non-hydrogen) atoms. The van der Waals surface area contributed by atoms with Gasteiger partial charge in [0.2, 0.25) is 0 Å². The summed E-state index contributed by atoms with van der Waals surface area (Å²) >= 11 is 0. The number of rotatable bonds is 2. The van der Waals surface area contributed by atoms with Crippen molar-refractivity contribution in [1.82, 2.24) is 10.3 Å². The standard InChI is InChI=1S/C30H32N4O2/c1-3-4-21-16-24-25(18-27(21)34-11-9-32-10-12-34)30(7-13-36-14-8-30)29-23(17-28(24)35)22-6-5-20(19-31-2)15-26(22)33-29/h5-6,15-16,18-19,32-33H,7-14,17H2,1-2H3. The third-order valence-electron chi connectivity index (χ3n) is 8.04. The van der Waals surface area contributed by atoms with Crippen molar-refractivity contribution in [3.8, 4) is 11.8 Å². The van der Waals surface area contributed by atoms with Crippen LogP contribution in [0, 0.1) is 11.8 Å². The minimum atomic E-state index is -0.298. The highest BCUT2D eigenvalue weighted by Crippen LogP contribution is 2.49. The lowest BCUT2D eigenvalue weighted by Gasteiger charge is -2.39. The number of piperazine rings is 1. The number of aromatic amines is 1. The molecule has 0 amide bonds. The molecule has 0 radical (unpaired) electrons. The lowest BCUT2D eigenvalue weighted by atomic mass is 9.69. The van der Waals surface area contributed by atoms with E-state index in [1.54, 1.807) is 7.05 Å². The molecule has 1 spiro atoms. The minimum Gasteiger partial charge on any atom is -0.381 e. The second kappa shape index (κ2) is 9.24. The van der Waals surface area contributed by atoms with Crippen molar-refractivity contribution in [2.45, 2.75) is 31.6 Å². The van der Waals surface area contributed by atoms with Gasteiger partial charge in [0.1, 0.15) is 0 Å². The maximum atomic E-state index is 13.9. The van der Waals surface area contributed by atoms with Crippen LogP contribution in [0.2, 0.25) is 0 Å². The second-order valence-corrected chi connectivity index (χ2v) is 9.99. The van der Waals surface area contributed by atoms with Gasteiger partial charge in [-0.15, -0.1) is 5.92 Å². The van der Waals surface area contributed by atoms with Crippen LogP contribution >= 0.6 is 0 Å². The summed E-state index contributed by atoms with van der Waals surface area (Å²) in [6, 6.07) is 10.7. The van der Waals surface area contributed by atoms with Gasteiger partial charge in [-0.25, -0.2) is 0 Å². The molecule has 2 aliphatic heterocycles. The largest absolute Gasteiger partial charge is 0.381 e. The molecule has 0 saturated carbocycles. The number of carbonyl (C=O) groups excluding carboxylic acids is 1. The van der Waals surface area contributed by atoms with Crippen LogP contribution in [0.1, 0.15) is 58.1 Å². The van der Waals surface area contributed by atoms with Crippen molar-refractivity contribution in [1.29, 1.82) is 0 Å². The first kappa shape index (κ1) is 23.0. The van der Waals surface area contributed by atoms with E-state index >= 15 is 0 Å². The highest BCUT2D eigenvalue weighted by molar-refractivity contribution is 6.05. The summed E-state index contributed by atoms with van der Waals surface area (Å²) in [6.45, 7) is 6.98. The van der Waals surface area contributed by atoms with Crippen molar-refractivity contribution < 1.29 is 9.53 Å². The smallest absolute Gasteiger partial charge is 0.167 e. The molecule has 0 unspecified atom stereocenters. The van der Waals surface area contributed by atoms with E-state index in [9.17, 15) is 4.79 Å². The summed E-state index contributed by atoms with van der Waals surface area (Å²) in [4.78, 5) is 24.3. The number of hydrogen-bond acceptors (Lipinski definition) is 5. The van der Waals surface area contributed by atoms with Crippen molar-refractivity contribution >= 4 is 28.6 Å². The average Bonchev–Trinajstić information content (AvgIpc) is 3.24. The molecule has 2 N–H and O–H groups in total. The van der Waals surface area contributed by atoms with Crippen LogP contribution in [-0.4, -0.2) is 63.4 Å². The lowest BCUT2D eigenvalue weighted by molar-refractivity contribution is 0.0618. The molecule has 0 bridgehead atoms. The number of aliphatic imine (C=N–C) groups is 1. The molecule has 6 rings (SSSR count). The molecule has 0 atom stereocenters. The van der Waals surface area contributed by atoms with Crippen molar-refractivity contribution in [2.75, 3.05) is 51.3 Å². The van der Waals surface area contributed by atoms with Crippen LogP contribution < -0.4 is 10.2 Å². The lowest BCUT2D eigenvalue weighted by Crippen LogP contribution is -2.44. The topological polar surface area (TPSA) is 69.7 Å². The number of H-pyrrole nitrogens is 1. The first-order chi connectivity index (χ1) is 17.6. The van der Waals surface area contributed by atoms with Gasteiger partial charge in [0, 0.05) is 92.2 Å². The number of aromatic nitrogens is 1. The summed E-state index contributed by atoms with van der Waals surface area (Å²) in [5.74, 6) is 6.56. The van der Waals surface area contributed by atoms with Gasteiger partial charge in [-0.1, -0.05) is 18.1 Å².